The predicted molar refractivity (Wildman–Crippen MR) is 74.0 cm³/mol. The Bertz CT molecular complexity index is 625. The minimum atomic E-state index is -3.77. The second kappa shape index (κ2) is 6.23. The Morgan fingerprint density at radius 2 is 1.86 bits per heavy atom. The average molecular weight is 312 g/mol. The number of sulfonamides is 1. The van der Waals surface area contributed by atoms with Crippen molar-refractivity contribution >= 4 is 21.9 Å². The molecule has 0 atom stereocenters. The maximum atomic E-state index is 12.0. The molecular weight excluding hydrogens is 296 g/mol. The van der Waals surface area contributed by atoms with E-state index in [-0.39, 0.29) is 10.9 Å². The summed E-state index contributed by atoms with van der Waals surface area (Å²) in [6.45, 7) is -0.850. The Kier molecular flexibility index (Phi) is 4.59. The molecule has 0 bridgehead atoms. The molecule has 1 aliphatic carbocycles. The van der Waals surface area contributed by atoms with E-state index >= 15 is 0 Å². The van der Waals surface area contributed by atoms with Crippen molar-refractivity contribution in [2.24, 2.45) is 0 Å². The zero-order chi connectivity index (χ0) is 15.5. The molecule has 0 spiro atoms. The van der Waals surface area contributed by atoms with Gasteiger partial charge in [-0.1, -0.05) is 18.2 Å². The van der Waals surface area contributed by atoms with Gasteiger partial charge in [0, 0.05) is 6.04 Å². The van der Waals surface area contributed by atoms with Gasteiger partial charge in [0.1, 0.15) is 6.54 Å². The molecule has 0 aromatic heterocycles. The summed E-state index contributed by atoms with van der Waals surface area (Å²) in [5.74, 6) is -1.64. The van der Waals surface area contributed by atoms with Crippen molar-refractivity contribution in [2.45, 2.75) is 23.8 Å². The topological polar surface area (TPSA) is 104 Å². The van der Waals surface area contributed by atoms with Crippen LogP contribution in [0.4, 0.5) is 0 Å². The maximum Gasteiger partial charge on any atom is 0.323 e. The number of nitrogens with one attached hydrogen (secondary N) is 1. The van der Waals surface area contributed by atoms with Crippen LogP contribution in [-0.2, 0) is 19.6 Å². The summed E-state index contributed by atoms with van der Waals surface area (Å²) in [7, 11) is -3.77. The van der Waals surface area contributed by atoms with Gasteiger partial charge in [0.25, 0.3) is 0 Å². The Labute approximate surface area is 122 Å². The summed E-state index contributed by atoms with van der Waals surface area (Å²) in [4.78, 5) is 24.0. The molecule has 1 fully saturated rings. The van der Waals surface area contributed by atoms with Crippen molar-refractivity contribution < 1.29 is 23.1 Å². The molecule has 8 heteroatoms. The third kappa shape index (κ3) is 4.27. The molecule has 1 saturated carbocycles. The summed E-state index contributed by atoms with van der Waals surface area (Å²) in [6, 6.07) is 7.60. The van der Waals surface area contributed by atoms with Crippen LogP contribution < -0.4 is 4.72 Å². The van der Waals surface area contributed by atoms with Crippen molar-refractivity contribution in [3.8, 4) is 0 Å². The van der Waals surface area contributed by atoms with Gasteiger partial charge in [-0.25, -0.2) is 13.1 Å². The van der Waals surface area contributed by atoms with Crippen LogP contribution in [0.2, 0.25) is 0 Å². The molecule has 0 aliphatic heterocycles. The summed E-state index contributed by atoms with van der Waals surface area (Å²) >= 11 is 0. The molecular formula is C13H16N2O5S. The Balaban J connectivity index is 1.98. The number of nitrogens with zero attached hydrogens (tertiary/aromatic N) is 1. The molecule has 1 amide bonds. The lowest BCUT2D eigenvalue weighted by atomic mass is 10.4. The van der Waals surface area contributed by atoms with Crippen molar-refractivity contribution in [1.29, 1.82) is 0 Å². The molecule has 0 unspecified atom stereocenters. The molecule has 0 heterocycles. The number of carboxylic acids is 1. The number of benzene rings is 1. The minimum Gasteiger partial charge on any atom is -0.480 e. The van der Waals surface area contributed by atoms with Crippen molar-refractivity contribution in [3.63, 3.8) is 0 Å². The number of hydrogen-bond donors (Lipinski definition) is 2. The number of carboxylic acid groups (broad SMARTS) is 1. The number of rotatable bonds is 7. The summed E-state index contributed by atoms with van der Waals surface area (Å²) < 4.78 is 26.1. The van der Waals surface area contributed by atoms with E-state index in [1.165, 1.54) is 17.0 Å². The highest BCUT2D eigenvalue weighted by atomic mass is 32.2. The Morgan fingerprint density at radius 3 is 2.38 bits per heavy atom. The lowest BCUT2D eigenvalue weighted by Crippen LogP contribution is -2.43. The molecule has 21 heavy (non-hydrogen) atoms. The number of carbonyl (C=O) groups is 2. The number of hydrogen-bond acceptors (Lipinski definition) is 4. The third-order valence-corrected chi connectivity index (χ3v) is 4.50. The number of carbonyl (C=O) groups excluding carboxylic acids is 1. The fraction of sp³-hybridized carbons (Fsp3) is 0.385. The summed E-state index contributed by atoms with van der Waals surface area (Å²) in [5.41, 5.74) is 0. The molecule has 114 valence electrons. The normalized spacial score (nSPS) is 14.7. The quantitative estimate of drug-likeness (QED) is 0.740. The van der Waals surface area contributed by atoms with Crippen molar-refractivity contribution in [3.05, 3.63) is 30.3 Å². The molecule has 1 aromatic carbocycles. The van der Waals surface area contributed by atoms with Gasteiger partial charge in [-0.15, -0.1) is 0 Å². The van der Waals surface area contributed by atoms with Crippen LogP contribution in [0.15, 0.2) is 35.2 Å². The van der Waals surface area contributed by atoms with E-state index in [0.717, 1.165) is 12.8 Å². The Morgan fingerprint density at radius 1 is 1.24 bits per heavy atom. The van der Waals surface area contributed by atoms with Gasteiger partial charge < -0.3 is 10.0 Å². The van der Waals surface area contributed by atoms with Crippen LogP contribution in [0.25, 0.3) is 0 Å². The first kappa shape index (κ1) is 15.5. The second-order valence-corrected chi connectivity index (χ2v) is 6.55. The third-order valence-electron chi connectivity index (χ3n) is 3.08. The molecule has 2 N–H and O–H groups in total. The fourth-order valence-electron chi connectivity index (χ4n) is 1.89. The zero-order valence-corrected chi connectivity index (χ0v) is 12.0. The first-order valence-electron chi connectivity index (χ1n) is 6.46. The largest absolute Gasteiger partial charge is 0.480 e. The summed E-state index contributed by atoms with van der Waals surface area (Å²) in [5, 5.41) is 8.78. The predicted octanol–water partition coefficient (Wildman–Crippen LogP) is 0.0405. The van der Waals surface area contributed by atoms with Crippen LogP contribution >= 0.6 is 0 Å². The van der Waals surface area contributed by atoms with Crippen LogP contribution in [0.3, 0.4) is 0 Å². The maximum absolute atomic E-state index is 12.0. The SMILES string of the molecule is O=C(O)CN(C(=O)CNS(=O)(=O)c1ccccc1)C1CC1. The van der Waals surface area contributed by atoms with Crippen LogP contribution in [-0.4, -0.2) is 49.4 Å². The van der Waals surface area contributed by atoms with Gasteiger partial charge in [-0.2, -0.15) is 0 Å². The van der Waals surface area contributed by atoms with Crippen LogP contribution in [0.1, 0.15) is 12.8 Å². The van der Waals surface area contributed by atoms with E-state index in [9.17, 15) is 18.0 Å². The first-order valence-corrected chi connectivity index (χ1v) is 7.94. The van der Waals surface area contributed by atoms with Gasteiger partial charge in [0.15, 0.2) is 0 Å². The van der Waals surface area contributed by atoms with E-state index in [1.54, 1.807) is 18.2 Å². The average Bonchev–Trinajstić information content (AvgIpc) is 3.27. The highest BCUT2D eigenvalue weighted by Gasteiger charge is 2.34. The molecule has 1 aliphatic rings. The van der Waals surface area contributed by atoms with Crippen molar-refractivity contribution in [2.75, 3.05) is 13.1 Å². The first-order chi connectivity index (χ1) is 9.90. The molecule has 7 nitrogen and oxygen atoms in total. The molecule has 2 rings (SSSR count). The van der Waals surface area contributed by atoms with Crippen LogP contribution in [0.5, 0.6) is 0 Å². The van der Waals surface area contributed by atoms with Crippen LogP contribution in [0, 0.1) is 0 Å². The number of amides is 1. The van der Waals surface area contributed by atoms with E-state index in [4.69, 9.17) is 5.11 Å². The minimum absolute atomic E-state index is 0.0639. The van der Waals surface area contributed by atoms with Gasteiger partial charge >= 0.3 is 5.97 Å². The Hall–Kier alpha value is -1.93. The lowest BCUT2D eigenvalue weighted by Gasteiger charge is -2.20. The highest BCUT2D eigenvalue weighted by molar-refractivity contribution is 7.89. The monoisotopic (exact) mass is 312 g/mol. The second-order valence-electron chi connectivity index (χ2n) is 4.78. The van der Waals surface area contributed by atoms with Gasteiger partial charge in [-0.3, -0.25) is 9.59 Å². The summed E-state index contributed by atoms with van der Waals surface area (Å²) in [6.07, 6.45) is 1.51. The molecule has 0 saturated heterocycles. The smallest absolute Gasteiger partial charge is 0.323 e. The number of aliphatic carboxylic acids is 1. The molecule has 1 aromatic rings. The van der Waals surface area contributed by atoms with E-state index in [0.29, 0.717) is 0 Å². The molecule has 0 radical (unpaired) electrons. The van der Waals surface area contributed by atoms with Crippen molar-refractivity contribution in [1.82, 2.24) is 9.62 Å². The fourth-order valence-corrected chi connectivity index (χ4v) is 2.89. The van der Waals surface area contributed by atoms with Gasteiger partial charge in [0.05, 0.1) is 11.4 Å². The van der Waals surface area contributed by atoms with Gasteiger partial charge in [-0.05, 0) is 25.0 Å². The van der Waals surface area contributed by atoms with E-state index < -0.39 is 35.0 Å². The lowest BCUT2D eigenvalue weighted by molar-refractivity contribution is -0.144. The van der Waals surface area contributed by atoms with E-state index in [2.05, 4.69) is 4.72 Å². The standard InChI is InChI=1S/C13H16N2O5S/c16-12(15(9-13(17)18)10-6-7-10)8-14-21(19,20)11-4-2-1-3-5-11/h1-5,10,14H,6-9H2,(H,17,18). The zero-order valence-electron chi connectivity index (χ0n) is 11.2. The van der Waals surface area contributed by atoms with E-state index in [1.807, 2.05) is 0 Å². The highest BCUT2D eigenvalue weighted by Crippen LogP contribution is 2.26. The van der Waals surface area contributed by atoms with Gasteiger partial charge in [0.2, 0.25) is 15.9 Å².